The first-order valence-electron chi connectivity index (χ1n) is 5.70. The van der Waals surface area contributed by atoms with Crippen molar-refractivity contribution >= 4 is 17.4 Å². The van der Waals surface area contributed by atoms with E-state index >= 15 is 0 Å². The highest BCUT2D eigenvalue weighted by molar-refractivity contribution is 6.13. The normalized spacial score (nSPS) is 16.3. The molecular formula is C15H13NO2. The summed E-state index contributed by atoms with van der Waals surface area (Å²) in [6.07, 6.45) is 5.78. The first kappa shape index (κ1) is 10.8. The third-order valence-corrected chi connectivity index (χ3v) is 3.25. The van der Waals surface area contributed by atoms with E-state index < -0.39 is 0 Å². The van der Waals surface area contributed by atoms with Crippen LogP contribution in [0.15, 0.2) is 41.7 Å². The molecule has 0 heterocycles. The second-order valence-electron chi connectivity index (χ2n) is 4.21. The van der Waals surface area contributed by atoms with E-state index in [1.807, 2.05) is 24.3 Å². The van der Waals surface area contributed by atoms with Crippen LogP contribution in [0, 0.1) is 5.41 Å². The number of hydrogen-bond donors (Lipinski definition) is 1. The number of benzene rings is 1. The summed E-state index contributed by atoms with van der Waals surface area (Å²) in [6.45, 7) is 0. The van der Waals surface area contributed by atoms with Crippen LogP contribution in [0.5, 0.6) is 5.75 Å². The van der Waals surface area contributed by atoms with Gasteiger partial charge < -0.3 is 9.47 Å². The first-order valence-corrected chi connectivity index (χ1v) is 5.70. The molecule has 0 bridgehead atoms. The molecule has 0 unspecified atom stereocenters. The highest BCUT2D eigenvalue weighted by atomic mass is 16.5. The van der Waals surface area contributed by atoms with Gasteiger partial charge in [-0.25, -0.2) is 0 Å². The predicted octanol–water partition coefficient (Wildman–Crippen LogP) is 1.13. The lowest BCUT2D eigenvalue weighted by molar-refractivity contribution is 0.313. The molecule has 0 aliphatic heterocycles. The van der Waals surface area contributed by atoms with Crippen molar-refractivity contribution in [2.45, 2.75) is 0 Å². The maximum Gasteiger partial charge on any atom is 0.151 e. The summed E-state index contributed by atoms with van der Waals surface area (Å²) in [5.74, 6) is 1.46. The number of rotatable bonds is 2. The molecule has 2 aliphatic carbocycles. The maximum absolute atomic E-state index is 7.86. The summed E-state index contributed by atoms with van der Waals surface area (Å²) in [7, 11) is 3.26. The smallest absolute Gasteiger partial charge is 0.151 e. The summed E-state index contributed by atoms with van der Waals surface area (Å²) < 4.78 is 10.6. The number of methoxy groups -OCH3 is 2. The Bertz CT molecular complexity index is 723. The first-order chi connectivity index (χ1) is 8.74. The third-order valence-electron chi connectivity index (χ3n) is 3.25. The van der Waals surface area contributed by atoms with Crippen LogP contribution in [0.1, 0.15) is 0 Å². The SMILES string of the molecule is COC1=C2C=c3ccc(OC)cc3=C2C=CC1=N. The van der Waals surface area contributed by atoms with Gasteiger partial charge in [0.1, 0.15) is 5.75 Å². The summed E-state index contributed by atoms with van der Waals surface area (Å²) in [6, 6.07) is 5.98. The van der Waals surface area contributed by atoms with Crippen molar-refractivity contribution in [2.24, 2.45) is 0 Å². The zero-order valence-electron chi connectivity index (χ0n) is 10.3. The van der Waals surface area contributed by atoms with Crippen LogP contribution in [0.4, 0.5) is 0 Å². The van der Waals surface area contributed by atoms with Crippen molar-refractivity contribution in [3.05, 3.63) is 52.1 Å². The number of hydrogen-bond acceptors (Lipinski definition) is 3. The molecule has 0 spiro atoms. The minimum Gasteiger partial charge on any atom is -0.497 e. The molecule has 90 valence electrons. The Kier molecular flexibility index (Phi) is 2.33. The van der Waals surface area contributed by atoms with Gasteiger partial charge in [0, 0.05) is 5.57 Å². The maximum atomic E-state index is 7.86. The van der Waals surface area contributed by atoms with Crippen molar-refractivity contribution in [2.75, 3.05) is 14.2 Å². The van der Waals surface area contributed by atoms with Crippen LogP contribution >= 0.6 is 0 Å². The average molecular weight is 239 g/mol. The molecule has 0 saturated heterocycles. The minimum absolute atomic E-state index is 0.410. The van der Waals surface area contributed by atoms with Gasteiger partial charge in [-0.3, -0.25) is 5.41 Å². The van der Waals surface area contributed by atoms with E-state index in [1.165, 1.54) is 0 Å². The Morgan fingerprint density at radius 2 is 1.83 bits per heavy atom. The number of allylic oxidation sites excluding steroid dienone is 3. The van der Waals surface area contributed by atoms with Crippen molar-refractivity contribution in [3.8, 4) is 5.75 Å². The molecule has 0 atom stereocenters. The van der Waals surface area contributed by atoms with Crippen molar-refractivity contribution in [3.63, 3.8) is 0 Å². The standard InChI is InChI=1S/C15H13NO2/c1-17-10-4-3-9-7-13-11(12(9)8-10)5-6-14(16)15(13)18-2/h3-8,16H,1-2H3. The van der Waals surface area contributed by atoms with Crippen LogP contribution in [0.25, 0.3) is 11.6 Å². The zero-order valence-corrected chi connectivity index (χ0v) is 10.3. The average Bonchev–Trinajstić information content (AvgIpc) is 2.76. The predicted molar refractivity (Wildman–Crippen MR) is 71.0 cm³/mol. The molecule has 3 rings (SSSR count). The summed E-state index contributed by atoms with van der Waals surface area (Å²) >= 11 is 0. The van der Waals surface area contributed by atoms with Crippen LogP contribution in [0.2, 0.25) is 0 Å². The van der Waals surface area contributed by atoms with Crippen molar-refractivity contribution in [1.29, 1.82) is 5.41 Å². The fourth-order valence-corrected chi connectivity index (χ4v) is 2.37. The molecule has 1 aromatic carbocycles. The van der Waals surface area contributed by atoms with Gasteiger partial charge in [-0.05, 0) is 40.3 Å². The third kappa shape index (κ3) is 1.40. The van der Waals surface area contributed by atoms with E-state index in [2.05, 4.69) is 6.08 Å². The Morgan fingerprint density at radius 3 is 2.56 bits per heavy atom. The highest BCUT2D eigenvalue weighted by Gasteiger charge is 2.20. The lowest BCUT2D eigenvalue weighted by atomic mass is 9.98. The fraction of sp³-hybridized carbons (Fsp3) is 0.133. The molecule has 0 saturated carbocycles. The quantitative estimate of drug-likeness (QED) is 0.840. The Hall–Kier alpha value is -2.29. The fourth-order valence-electron chi connectivity index (χ4n) is 2.37. The molecule has 3 nitrogen and oxygen atoms in total. The summed E-state index contributed by atoms with van der Waals surface area (Å²) in [5, 5.41) is 10.1. The van der Waals surface area contributed by atoms with Crippen molar-refractivity contribution in [1.82, 2.24) is 0 Å². The summed E-state index contributed by atoms with van der Waals surface area (Å²) in [5.41, 5.74) is 2.48. The molecule has 0 aromatic heterocycles. The molecule has 0 radical (unpaired) electrons. The van der Waals surface area contributed by atoms with Gasteiger partial charge in [-0.2, -0.15) is 0 Å². The van der Waals surface area contributed by atoms with E-state index in [1.54, 1.807) is 20.3 Å². The van der Waals surface area contributed by atoms with Gasteiger partial charge in [-0.15, -0.1) is 0 Å². The molecule has 2 aliphatic rings. The molecule has 18 heavy (non-hydrogen) atoms. The lowest BCUT2D eigenvalue weighted by Gasteiger charge is -2.13. The van der Waals surface area contributed by atoms with E-state index in [9.17, 15) is 0 Å². The van der Waals surface area contributed by atoms with E-state index in [0.717, 1.165) is 27.3 Å². The van der Waals surface area contributed by atoms with Crippen LogP contribution in [-0.4, -0.2) is 19.9 Å². The Labute approximate surface area is 105 Å². The number of nitrogens with one attached hydrogen (secondary N) is 1. The van der Waals surface area contributed by atoms with E-state index in [0.29, 0.717) is 11.5 Å². The van der Waals surface area contributed by atoms with Crippen LogP contribution in [-0.2, 0) is 4.74 Å². The van der Waals surface area contributed by atoms with Crippen molar-refractivity contribution < 1.29 is 9.47 Å². The van der Waals surface area contributed by atoms with Crippen LogP contribution in [0.3, 0.4) is 0 Å². The minimum atomic E-state index is 0.410. The zero-order chi connectivity index (χ0) is 12.7. The van der Waals surface area contributed by atoms with E-state index in [-0.39, 0.29) is 0 Å². The summed E-state index contributed by atoms with van der Waals surface area (Å²) in [4.78, 5) is 0. The highest BCUT2D eigenvalue weighted by Crippen LogP contribution is 2.26. The monoisotopic (exact) mass is 239 g/mol. The van der Waals surface area contributed by atoms with Gasteiger partial charge in [0.15, 0.2) is 5.76 Å². The lowest BCUT2D eigenvalue weighted by Crippen LogP contribution is -2.22. The van der Waals surface area contributed by atoms with Gasteiger partial charge in [0.2, 0.25) is 0 Å². The molecule has 1 N–H and O–H groups in total. The van der Waals surface area contributed by atoms with Gasteiger partial charge in [-0.1, -0.05) is 12.1 Å². The number of ether oxygens (including phenoxy) is 2. The van der Waals surface area contributed by atoms with Gasteiger partial charge in [0.05, 0.1) is 19.9 Å². The largest absolute Gasteiger partial charge is 0.497 e. The van der Waals surface area contributed by atoms with Gasteiger partial charge >= 0.3 is 0 Å². The second-order valence-corrected chi connectivity index (χ2v) is 4.21. The van der Waals surface area contributed by atoms with E-state index in [4.69, 9.17) is 14.9 Å². The van der Waals surface area contributed by atoms with Crippen LogP contribution < -0.4 is 15.2 Å². The topological polar surface area (TPSA) is 42.3 Å². The molecule has 1 aromatic rings. The molecule has 0 amide bonds. The number of fused-ring (bicyclic) bond motifs is 2. The molecular weight excluding hydrogens is 226 g/mol. The Balaban J connectivity index is 2.36. The van der Waals surface area contributed by atoms with Gasteiger partial charge in [0.25, 0.3) is 0 Å². The molecule has 0 fully saturated rings. The Morgan fingerprint density at radius 1 is 1.00 bits per heavy atom. The molecule has 3 heteroatoms. The second kappa shape index (κ2) is 3.88.